The summed E-state index contributed by atoms with van der Waals surface area (Å²) in [6.07, 6.45) is 3.34. The molecule has 0 aliphatic carbocycles. The Labute approximate surface area is 83.6 Å². The predicted molar refractivity (Wildman–Crippen MR) is 49.6 cm³/mol. The molecule has 0 N–H and O–H groups in total. The highest BCUT2D eigenvalue weighted by Crippen LogP contribution is 2.19. The van der Waals surface area contributed by atoms with Gasteiger partial charge in [-0.15, -0.1) is 0 Å². The molecule has 14 heavy (non-hydrogen) atoms. The normalized spacial score (nSPS) is 21.5. The number of hydrogen-bond donors (Lipinski definition) is 0. The molecule has 1 saturated heterocycles. The second-order valence-electron chi connectivity index (χ2n) is 3.49. The fraction of sp³-hybridized carbons (Fsp3) is 0.800. The second kappa shape index (κ2) is 5.62. The van der Waals surface area contributed by atoms with Crippen LogP contribution < -0.4 is 0 Å². The first-order valence-electron chi connectivity index (χ1n) is 5.00. The van der Waals surface area contributed by atoms with Gasteiger partial charge in [0.05, 0.1) is 19.1 Å². The molecule has 80 valence electrons. The van der Waals surface area contributed by atoms with Crippen LogP contribution in [0.15, 0.2) is 0 Å². The standard InChI is InChI=1S/C10H16O4/c1-8(11)13-6-2-4-9-5-3-7-14-10(9)12/h9H,2-7H2,1H3. The number of hydrogen-bond acceptors (Lipinski definition) is 4. The highest BCUT2D eigenvalue weighted by atomic mass is 16.5. The van der Waals surface area contributed by atoms with Crippen LogP contribution >= 0.6 is 0 Å². The summed E-state index contributed by atoms with van der Waals surface area (Å²) >= 11 is 0. The fourth-order valence-corrected chi connectivity index (χ4v) is 1.55. The topological polar surface area (TPSA) is 52.6 Å². The Morgan fingerprint density at radius 1 is 1.64 bits per heavy atom. The third-order valence-electron chi connectivity index (χ3n) is 2.28. The van der Waals surface area contributed by atoms with E-state index >= 15 is 0 Å². The van der Waals surface area contributed by atoms with E-state index in [-0.39, 0.29) is 17.9 Å². The lowest BCUT2D eigenvalue weighted by Crippen LogP contribution is -2.24. The Hall–Kier alpha value is -1.06. The summed E-state index contributed by atoms with van der Waals surface area (Å²) in [6.45, 7) is 2.34. The Morgan fingerprint density at radius 3 is 3.07 bits per heavy atom. The molecule has 0 aromatic rings. The first-order chi connectivity index (χ1) is 6.70. The van der Waals surface area contributed by atoms with Gasteiger partial charge in [-0.3, -0.25) is 9.59 Å². The summed E-state index contributed by atoms with van der Waals surface area (Å²) in [5, 5.41) is 0. The smallest absolute Gasteiger partial charge is 0.308 e. The Morgan fingerprint density at radius 2 is 2.43 bits per heavy atom. The monoisotopic (exact) mass is 200 g/mol. The minimum absolute atomic E-state index is 0.0132. The number of esters is 2. The zero-order valence-corrected chi connectivity index (χ0v) is 8.45. The van der Waals surface area contributed by atoms with Crippen molar-refractivity contribution in [2.45, 2.75) is 32.6 Å². The van der Waals surface area contributed by atoms with Gasteiger partial charge in [0.15, 0.2) is 0 Å². The highest BCUT2D eigenvalue weighted by molar-refractivity contribution is 5.72. The summed E-state index contributed by atoms with van der Waals surface area (Å²) in [5.41, 5.74) is 0. The largest absolute Gasteiger partial charge is 0.466 e. The summed E-state index contributed by atoms with van der Waals surface area (Å²) in [7, 11) is 0. The minimum Gasteiger partial charge on any atom is -0.466 e. The van der Waals surface area contributed by atoms with Crippen molar-refractivity contribution in [2.75, 3.05) is 13.2 Å². The van der Waals surface area contributed by atoms with Crippen molar-refractivity contribution in [3.05, 3.63) is 0 Å². The van der Waals surface area contributed by atoms with E-state index < -0.39 is 0 Å². The number of cyclic esters (lactones) is 1. The lowest BCUT2D eigenvalue weighted by Gasteiger charge is -2.20. The van der Waals surface area contributed by atoms with E-state index in [4.69, 9.17) is 9.47 Å². The van der Waals surface area contributed by atoms with Crippen molar-refractivity contribution in [3.8, 4) is 0 Å². The molecule has 1 atom stereocenters. The van der Waals surface area contributed by atoms with Crippen molar-refractivity contribution in [1.29, 1.82) is 0 Å². The van der Waals surface area contributed by atoms with E-state index in [1.54, 1.807) is 0 Å². The van der Waals surface area contributed by atoms with Crippen molar-refractivity contribution >= 4 is 11.9 Å². The van der Waals surface area contributed by atoms with Crippen LogP contribution in [-0.4, -0.2) is 25.2 Å². The molecular formula is C10H16O4. The van der Waals surface area contributed by atoms with Crippen LogP contribution in [0.3, 0.4) is 0 Å². The van der Waals surface area contributed by atoms with Crippen LogP contribution in [0.25, 0.3) is 0 Å². The van der Waals surface area contributed by atoms with Crippen LogP contribution in [0.1, 0.15) is 32.6 Å². The Kier molecular flexibility index (Phi) is 4.43. The van der Waals surface area contributed by atoms with Crippen LogP contribution in [0.2, 0.25) is 0 Å². The molecule has 1 aliphatic rings. The van der Waals surface area contributed by atoms with Gasteiger partial charge >= 0.3 is 11.9 Å². The molecule has 0 amide bonds. The van der Waals surface area contributed by atoms with Gasteiger partial charge in [0.2, 0.25) is 0 Å². The number of carbonyl (C=O) groups is 2. The molecule has 1 fully saturated rings. The van der Waals surface area contributed by atoms with Gasteiger partial charge in [0.25, 0.3) is 0 Å². The molecule has 0 spiro atoms. The molecular weight excluding hydrogens is 184 g/mol. The predicted octanol–water partition coefficient (Wildman–Crippen LogP) is 1.28. The zero-order valence-electron chi connectivity index (χ0n) is 8.45. The summed E-state index contributed by atoms with van der Waals surface area (Å²) < 4.78 is 9.70. The van der Waals surface area contributed by atoms with Crippen molar-refractivity contribution in [2.24, 2.45) is 5.92 Å². The molecule has 0 saturated carbocycles. The minimum atomic E-state index is -0.267. The van der Waals surface area contributed by atoms with Gasteiger partial charge in [-0.25, -0.2) is 0 Å². The van der Waals surface area contributed by atoms with Crippen molar-refractivity contribution < 1.29 is 19.1 Å². The first-order valence-corrected chi connectivity index (χ1v) is 5.00. The lowest BCUT2D eigenvalue weighted by atomic mass is 9.96. The van der Waals surface area contributed by atoms with E-state index in [9.17, 15) is 9.59 Å². The summed E-state index contributed by atoms with van der Waals surface area (Å²) in [6, 6.07) is 0. The van der Waals surface area contributed by atoms with Crippen LogP contribution in [-0.2, 0) is 19.1 Å². The first kappa shape index (κ1) is 11.0. The maximum atomic E-state index is 11.2. The van der Waals surface area contributed by atoms with Gasteiger partial charge in [-0.1, -0.05) is 0 Å². The second-order valence-corrected chi connectivity index (χ2v) is 3.49. The average Bonchev–Trinajstić information content (AvgIpc) is 2.15. The molecule has 1 heterocycles. The molecule has 1 unspecified atom stereocenters. The molecule has 4 nitrogen and oxygen atoms in total. The number of ether oxygens (including phenoxy) is 2. The van der Waals surface area contributed by atoms with E-state index in [1.165, 1.54) is 6.92 Å². The lowest BCUT2D eigenvalue weighted by molar-refractivity contribution is -0.153. The molecule has 1 aliphatic heterocycles. The van der Waals surface area contributed by atoms with Crippen LogP contribution in [0.4, 0.5) is 0 Å². The SMILES string of the molecule is CC(=O)OCCCC1CCCOC1=O. The quantitative estimate of drug-likeness (QED) is 0.506. The fourth-order valence-electron chi connectivity index (χ4n) is 1.55. The van der Waals surface area contributed by atoms with E-state index in [2.05, 4.69) is 0 Å². The van der Waals surface area contributed by atoms with Crippen molar-refractivity contribution in [1.82, 2.24) is 0 Å². The van der Waals surface area contributed by atoms with E-state index in [0.717, 1.165) is 25.7 Å². The molecule has 0 bridgehead atoms. The number of carbonyl (C=O) groups excluding carboxylic acids is 2. The van der Waals surface area contributed by atoms with E-state index in [0.29, 0.717) is 13.2 Å². The maximum absolute atomic E-state index is 11.2. The van der Waals surface area contributed by atoms with Gasteiger partial charge in [0, 0.05) is 6.92 Å². The maximum Gasteiger partial charge on any atom is 0.308 e. The third kappa shape index (κ3) is 3.77. The average molecular weight is 200 g/mol. The summed E-state index contributed by atoms with van der Waals surface area (Å²) in [5.74, 6) is -0.352. The van der Waals surface area contributed by atoms with Gasteiger partial charge in [-0.05, 0) is 25.7 Å². The van der Waals surface area contributed by atoms with Crippen molar-refractivity contribution in [3.63, 3.8) is 0 Å². The Balaban J connectivity index is 2.10. The number of rotatable bonds is 4. The Bertz CT molecular complexity index is 212. The van der Waals surface area contributed by atoms with Gasteiger partial charge < -0.3 is 9.47 Å². The third-order valence-corrected chi connectivity index (χ3v) is 2.28. The molecule has 1 rings (SSSR count). The van der Waals surface area contributed by atoms with Gasteiger partial charge in [-0.2, -0.15) is 0 Å². The molecule has 0 aromatic heterocycles. The van der Waals surface area contributed by atoms with Crippen LogP contribution in [0.5, 0.6) is 0 Å². The van der Waals surface area contributed by atoms with E-state index in [1.807, 2.05) is 0 Å². The summed E-state index contributed by atoms with van der Waals surface area (Å²) in [4.78, 5) is 21.6. The zero-order chi connectivity index (χ0) is 10.4. The molecule has 4 heteroatoms. The van der Waals surface area contributed by atoms with Gasteiger partial charge in [0.1, 0.15) is 0 Å². The molecule has 0 aromatic carbocycles. The molecule has 0 radical (unpaired) electrons. The highest BCUT2D eigenvalue weighted by Gasteiger charge is 2.23. The van der Waals surface area contributed by atoms with Crippen LogP contribution in [0, 0.1) is 5.92 Å².